The molecule has 1 aromatic heterocycles. The largest absolute Gasteiger partial charge is 0.489 e. The van der Waals surface area contributed by atoms with Crippen molar-refractivity contribution in [2.24, 2.45) is 0 Å². The molecular formula is C30H23Br2N3O3S. The summed E-state index contributed by atoms with van der Waals surface area (Å²) in [6.07, 6.45) is 1.62. The number of aryl methyl sites for hydroxylation is 1. The van der Waals surface area contributed by atoms with Gasteiger partial charge in [-0.1, -0.05) is 50.1 Å². The molecule has 1 fully saturated rings. The van der Waals surface area contributed by atoms with Gasteiger partial charge in [-0.25, -0.2) is 0 Å². The second-order valence-electron chi connectivity index (χ2n) is 9.01. The standard InChI is InChI=1S/C30H23Br2N3O3S/c1-18-14-21(15-27-28(36)33-30(39)35(29(27)37)25-5-3-4-23(32)16-25)19(2)34(18)24-10-12-26(13-11-24)38-17-20-6-8-22(31)9-7-20/h3-16H,17H2,1-2H3,(H,33,36,39)/b27-15+. The normalized spacial score (nSPS) is 14.6. The number of nitrogens with one attached hydrogen (secondary N) is 1. The highest BCUT2D eigenvalue weighted by molar-refractivity contribution is 9.10. The number of anilines is 1. The maximum Gasteiger partial charge on any atom is 0.270 e. The SMILES string of the molecule is Cc1cc(/C=C2\C(=O)NC(=S)N(c3cccc(Br)c3)C2=O)c(C)n1-c1ccc(OCc2ccc(Br)cc2)cc1. The van der Waals surface area contributed by atoms with Crippen LogP contribution in [0.2, 0.25) is 0 Å². The maximum absolute atomic E-state index is 13.4. The predicted octanol–water partition coefficient (Wildman–Crippen LogP) is 7.03. The van der Waals surface area contributed by atoms with Crippen LogP contribution in [0.15, 0.2) is 93.4 Å². The number of rotatable bonds is 6. The number of benzene rings is 3. The van der Waals surface area contributed by atoms with Crippen molar-refractivity contribution in [3.8, 4) is 11.4 Å². The van der Waals surface area contributed by atoms with Crippen LogP contribution >= 0.6 is 44.1 Å². The van der Waals surface area contributed by atoms with E-state index >= 15 is 0 Å². The van der Waals surface area contributed by atoms with Crippen molar-refractivity contribution < 1.29 is 14.3 Å². The molecule has 3 aromatic carbocycles. The molecular weight excluding hydrogens is 642 g/mol. The van der Waals surface area contributed by atoms with Crippen LogP contribution in [0.5, 0.6) is 5.75 Å². The molecule has 4 aromatic rings. The third-order valence-electron chi connectivity index (χ3n) is 6.35. The Morgan fingerprint density at radius 3 is 2.31 bits per heavy atom. The van der Waals surface area contributed by atoms with E-state index in [2.05, 4.69) is 41.7 Å². The molecule has 6 nitrogen and oxygen atoms in total. The zero-order chi connectivity index (χ0) is 27.7. The van der Waals surface area contributed by atoms with Crippen LogP contribution < -0.4 is 15.0 Å². The van der Waals surface area contributed by atoms with Gasteiger partial charge in [0.25, 0.3) is 11.8 Å². The van der Waals surface area contributed by atoms with Gasteiger partial charge in [-0.3, -0.25) is 19.8 Å². The monoisotopic (exact) mass is 663 g/mol. The Labute approximate surface area is 248 Å². The summed E-state index contributed by atoms with van der Waals surface area (Å²) in [6, 6.07) is 25.0. The summed E-state index contributed by atoms with van der Waals surface area (Å²) in [6.45, 7) is 4.42. The first kappa shape index (κ1) is 27.1. The fraction of sp³-hybridized carbons (Fsp3) is 0.100. The summed E-state index contributed by atoms with van der Waals surface area (Å²) in [5.74, 6) is -0.230. The molecule has 0 radical (unpaired) electrons. The van der Waals surface area contributed by atoms with Gasteiger partial charge < -0.3 is 9.30 Å². The molecule has 39 heavy (non-hydrogen) atoms. The Morgan fingerprint density at radius 1 is 0.897 bits per heavy atom. The summed E-state index contributed by atoms with van der Waals surface area (Å²) in [5.41, 5.74) is 5.24. The first-order valence-electron chi connectivity index (χ1n) is 12.0. The fourth-order valence-corrected chi connectivity index (χ4v) is 5.36. The van der Waals surface area contributed by atoms with Gasteiger partial charge in [-0.2, -0.15) is 0 Å². The molecule has 0 spiro atoms. The van der Waals surface area contributed by atoms with E-state index in [1.54, 1.807) is 24.3 Å². The van der Waals surface area contributed by atoms with Crippen LogP contribution in [-0.4, -0.2) is 21.5 Å². The first-order chi connectivity index (χ1) is 18.7. The molecule has 2 heterocycles. The number of amides is 2. The van der Waals surface area contributed by atoms with Crippen LogP contribution in [0.25, 0.3) is 11.8 Å². The smallest absolute Gasteiger partial charge is 0.270 e. The number of aromatic nitrogens is 1. The Balaban J connectivity index is 1.39. The quantitative estimate of drug-likeness (QED) is 0.137. The molecule has 1 saturated heterocycles. The topological polar surface area (TPSA) is 63.6 Å². The Kier molecular flexibility index (Phi) is 7.83. The lowest BCUT2D eigenvalue weighted by atomic mass is 10.1. The lowest BCUT2D eigenvalue weighted by Crippen LogP contribution is -2.54. The maximum atomic E-state index is 13.4. The van der Waals surface area contributed by atoms with Gasteiger partial charge >= 0.3 is 0 Å². The van der Waals surface area contributed by atoms with E-state index in [1.165, 1.54) is 4.90 Å². The van der Waals surface area contributed by atoms with Crippen molar-refractivity contribution in [3.05, 3.63) is 116 Å². The minimum atomic E-state index is -0.520. The van der Waals surface area contributed by atoms with Gasteiger partial charge in [0.2, 0.25) is 0 Å². The molecule has 5 rings (SSSR count). The highest BCUT2D eigenvalue weighted by Gasteiger charge is 2.34. The van der Waals surface area contributed by atoms with Crippen LogP contribution in [0, 0.1) is 13.8 Å². The lowest BCUT2D eigenvalue weighted by molar-refractivity contribution is -0.122. The van der Waals surface area contributed by atoms with E-state index in [1.807, 2.05) is 74.5 Å². The average Bonchev–Trinajstić information content (AvgIpc) is 3.19. The highest BCUT2D eigenvalue weighted by Crippen LogP contribution is 2.28. The van der Waals surface area contributed by atoms with Crippen LogP contribution in [0.4, 0.5) is 5.69 Å². The van der Waals surface area contributed by atoms with Gasteiger partial charge in [0, 0.05) is 26.0 Å². The molecule has 0 atom stereocenters. The van der Waals surface area contributed by atoms with E-state index < -0.39 is 11.8 Å². The number of thiocarbonyl (C=S) groups is 1. The summed E-state index contributed by atoms with van der Waals surface area (Å²) >= 11 is 12.2. The number of ether oxygens (including phenoxy) is 1. The van der Waals surface area contributed by atoms with Gasteiger partial charge in [0.1, 0.15) is 17.9 Å². The van der Waals surface area contributed by atoms with Crippen molar-refractivity contribution in [1.82, 2.24) is 9.88 Å². The summed E-state index contributed by atoms with van der Waals surface area (Å²) < 4.78 is 9.84. The minimum absolute atomic E-state index is 0.0144. The Morgan fingerprint density at radius 2 is 1.62 bits per heavy atom. The number of carbonyl (C=O) groups excluding carboxylic acids is 2. The zero-order valence-electron chi connectivity index (χ0n) is 21.1. The second kappa shape index (κ2) is 11.3. The van der Waals surface area contributed by atoms with Crippen LogP contribution in [-0.2, 0) is 16.2 Å². The molecule has 2 amide bonds. The minimum Gasteiger partial charge on any atom is -0.489 e. The Hall–Kier alpha value is -3.53. The van der Waals surface area contributed by atoms with Crippen molar-refractivity contribution >= 4 is 72.8 Å². The van der Waals surface area contributed by atoms with Gasteiger partial charge in [0.05, 0.1) is 5.69 Å². The molecule has 196 valence electrons. The van der Waals surface area contributed by atoms with Gasteiger partial charge in [-0.05, 0) is 104 Å². The molecule has 0 unspecified atom stereocenters. The predicted molar refractivity (Wildman–Crippen MR) is 164 cm³/mol. The number of carbonyl (C=O) groups is 2. The number of hydrogen-bond acceptors (Lipinski definition) is 4. The summed E-state index contributed by atoms with van der Waals surface area (Å²) in [7, 11) is 0. The lowest BCUT2D eigenvalue weighted by Gasteiger charge is -2.29. The molecule has 0 bridgehead atoms. The third kappa shape index (κ3) is 5.75. The van der Waals surface area contributed by atoms with Crippen LogP contribution in [0.3, 0.4) is 0 Å². The number of halogens is 2. The van der Waals surface area contributed by atoms with E-state index in [9.17, 15) is 9.59 Å². The fourth-order valence-electron chi connectivity index (χ4n) is 4.43. The van der Waals surface area contributed by atoms with Crippen molar-refractivity contribution in [1.29, 1.82) is 0 Å². The zero-order valence-corrected chi connectivity index (χ0v) is 25.1. The first-order valence-corrected chi connectivity index (χ1v) is 14.0. The Bertz CT molecular complexity index is 1630. The number of hydrogen-bond donors (Lipinski definition) is 1. The molecule has 1 N–H and O–H groups in total. The van der Waals surface area contributed by atoms with Crippen molar-refractivity contribution in [2.75, 3.05) is 4.90 Å². The molecule has 0 saturated carbocycles. The van der Waals surface area contributed by atoms with Gasteiger partial charge in [-0.15, -0.1) is 0 Å². The average molecular weight is 665 g/mol. The number of nitrogens with zero attached hydrogens (tertiary/aromatic N) is 2. The van der Waals surface area contributed by atoms with Crippen LogP contribution in [0.1, 0.15) is 22.5 Å². The van der Waals surface area contributed by atoms with E-state index in [0.717, 1.165) is 42.9 Å². The molecule has 0 aliphatic carbocycles. The second-order valence-corrected chi connectivity index (χ2v) is 11.2. The van der Waals surface area contributed by atoms with Crippen molar-refractivity contribution in [3.63, 3.8) is 0 Å². The summed E-state index contributed by atoms with van der Waals surface area (Å²) in [4.78, 5) is 27.6. The molecule has 1 aliphatic rings. The van der Waals surface area contributed by atoms with E-state index in [0.29, 0.717) is 12.3 Å². The van der Waals surface area contributed by atoms with Crippen molar-refractivity contribution in [2.45, 2.75) is 20.5 Å². The highest BCUT2D eigenvalue weighted by atomic mass is 79.9. The van der Waals surface area contributed by atoms with E-state index in [4.69, 9.17) is 17.0 Å². The van der Waals surface area contributed by atoms with E-state index in [-0.39, 0.29) is 10.7 Å². The molecule has 9 heteroatoms. The molecule has 1 aliphatic heterocycles. The summed E-state index contributed by atoms with van der Waals surface area (Å²) in [5, 5.41) is 2.69. The third-order valence-corrected chi connectivity index (χ3v) is 7.66. The van der Waals surface area contributed by atoms with Gasteiger partial charge in [0.15, 0.2) is 5.11 Å².